The first kappa shape index (κ1) is 17.6. The Labute approximate surface area is 151 Å². The average molecular weight is 351 g/mol. The van der Waals surface area contributed by atoms with Crippen LogP contribution >= 0.6 is 0 Å². The average Bonchev–Trinajstić information content (AvgIpc) is 3.15. The van der Waals surface area contributed by atoms with Gasteiger partial charge in [-0.05, 0) is 47.4 Å². The van der Waals surface area contributed by atoms with Gasteiger partial charge in [0.05, 0.1) is 0 Å². The number of carbonyl (C=O) groups excluding carboxylic acids is 1. The molecule has 0 unspecified atom stereocenters. The fourth-order valence-corrected chi connectivity index (χ4v) is 2.60. The number of carbonyl (C=O) groups is 1. The van der Waals surface area contributed by atoms with E-state index >= 15 is 0 Å². The number of aryl methyl sites for hydroxylation is 1. The molecule has 1 heterocycles. The van der Waals surface area contributed by atoms with Crippen LogP contribution < -0.4 is 10.1 Å². The van der Waals surface area contributed by atoms with Crippen molar-refractivity contribution < 1.29 is 9.53 Å². The SMILES string of the molecule is Cc1ccc(C(C)C)c(OCC(=O)Nc2cccc(-c3nn[nH]n3)c2)c1. The zero-order valence-electron chi connectivity index (χ0n) is 15.0. The van der Waals surface area contributed by atoms with Crippen molar-refractivity contribution in [1.82, 2.24) is 20.6 Å². The highest BCUT2D eigenvalue weighted by Crippen LogP contribution is 2.27. The standard InChI is InChI=1S/C19H21N5O2/c1-12(2)16-8-7-13(3)9-17(16)26-11-18(25)20-15-6-4-5-14(10-15)19-21-23-24-22-19/h4-10,12H,11H2,1-3H3,(H,20,25)(H,21,22,23,24). The van der Waals surface area contributed by atoms with Gasteiger partial charge in [-0.25, -0.2) is 0 Å². The number of rotatable bonds is 6. The minimum Gasteiger partial charge on any atom is -0.483 e. The zero-order chi connectivity index (χ0) is 18.5. The Bertz CT molecular complexity index is 891. The summed E-state index contributed by atoms with van der Waals surface area (Å²) in [5, 5.41) is 16.6. The third-order valence-corrected chi connectivity index (χ3v) is 3.90. The highest BCUT2D eigenvalue weighted by molar-refractivity contribution is 5.92. The number of benzene rings is 2. The lowest BCUT2D eigenvalue weighted by Crippen LogP contribution is -2.20. The van der Waals surface area contributed by atoms with Crippen LogP contribution in [0.4, 0.5) is 5.69 Å². The lowest BCUT2D eigenvalue weighted by Gasteiger charge is -2.15. The number of hydrogen-bond acceptors (Lipinski definition) is 5. The Morgan fingerprint density at radius 2 is 2.08 bits per heavy atom. The molecule has 0 aliphatic rings. The normalized spacial score (nSPS) is 10.8. The fraction of sp³-hybridized carbons (Fsp3) is 0.263. The molecular formula is C19H21N5O2. The van der Waals surface area contributed by atoms with Crippen LogP contribution in [0.3, 0.4) is 0 Å². The van der Waals surface area contributed by atoms with Crippen LogP contribution in [0.15, 0.2) is 42.5 Å². The molecule has 0 saturated heterocycles. The van der Waals surface area contributed by atoms with E-state index in [1.807, 2.05) is 37.3 Å². The first-order valence-electron chi connectivity index (χ1n) is 8.40. The molecule has 0 saturated carbocycles. The molecule has 1 amide bonds. The van der Waals surface area contributed by atoms with Crippen LogP contribution in [0.25, 0.3) is 11.4 Å². The second kappa shape index (κ2) is 7.77. The van der Waals surface area contributed by atoms with Crippen molar-refractivity contribution in [3.05, 3.63) is 53.6 Å². The number of anilines is 1. The molecule has 3 aromatic rings. The number of H-pyrrole nitrogens is 1. The van der Waals surface area contributed by atoms with Crippen molar-refractivity contribution >= 4 is 11.6 Å². The summed E-state index contributed by atoms with van der Waals surface area (Å²) in [4.78, 5) is 12.3. The first-order chi connectivity index (χ1) is 12.5. The second-order valence-electron chi connectivity index (χ2n) is 6.35. The van der Waals surface area contributed by atoms with Gasteiger partial charge in [-0.1, -0.05) is 38.1 Å². The molecule has 26 heavy (non-hydrogen) atoms. The summed E-state index contributed by atoms with van der Waals surface area (Å²) in [6.07, 6.45) is 0. The fourth-order valence-electron chi connectivity index (χ4n) is 2.60. The maximum Gasteiger partial charge on any atom is 0.262 e. The molecule has 0 spiro atoms. The van der Waals surface area contributed by atoms with Crippen LogP contribution in [0, 0.1) is 6.92 Å². The molecule has 0 bridgehead atoms. The number of nitrogens with one attached hydrogen (secondary N) is 2. The Kier molecular flexibility index (Phi) is 5.26. The molecule has 7 nitrogen and oxygen atoms in total. The lowest BCUT2D eigenvalue weighted by atomic mass is 10.0. The monoisotopic (exact) mass is 351 g/mol. The van der Waals surface area contributed by atoms with E-state index in [2.05, 4.69) is 39.8 Å². The topological polar surface area (TPSA) is 92.8 Å². The summed E-state index contributed by atoms with van der Waals surface area (Å²) in [5.74, 6) is 1.31. The number of nitrogens with zero attached hydrogens (tertiary/aromatic N) is 3. The summed E-state index contributed by atoms with van der Waals surface area (Å²) in [5.41, 5.74) is 3.59. The van der Waals surface area contributed by atoms with Gasteiger partial charge in [-0.3, -0.25) is 4.79 Å². The number of aromatic amines is 1. The predicted octanol–water partition coefficient (Wildman–Crippen LogP) is 3.32. The van der Waals surface area contributed by atoms with E-state index in [1.54, 1.807) is 12.1 Å². The van der Waals surface area contributed by atoms with Crippen LogP contribution in [0.2, 0.25) is 0 Å². The molecule has 0 atom stereocenters. The number of tetrazole rings is 1. The summed E-state index contributed by atoms with van der Waals surface area (Å²) in [6.45, 7) is 6.14. The van der Waals surface area contributed by atoms with E-state index in [0.29, 0.717) is 17.4 Å². The van der Waals surface area contributed by atoms with Gasteiger partial charge >= 0.3 is 0 Å². The van der Waals surface area contributed by atoms with Crippen molar-refractivity contribution in [3.63, 3.8) is 0 Å². The predicted molar refractivity (Wildman–Crippen MR) is 99.0 cm³/mol. The van der Waals surface area contributed by atoms with Gasteiger partial charge in [0.15, 0.2) is 6.61 Å². The zero-order valence-corrected chi connectivity index (χ0v) is 15.0. The number of ether oxygens (including phenoxy) is 1. The van der Waals surface area contributed by atoms with Crippen LogP contribution in [-0.2, 0) is 4.79 Å². The Morgan fingerprint density at radius 3 is 2.81 bits per heavy atom. The summed E-state index contributed by atoms with van der Waals surface area (Å²) < 4.78 is 5.76. The van der Waals surface area contributed by atoms with Crippen molar-refractivity contribution in [3.8, 4) is 17.1 Å². The molecular weight excluding hydrogens is 330 g/mol. The lowest BCUT2D eigenvalue weighted by molar-refractivity contribution is -0.118. The van der Waals surface area contributed by atoms with E-state index in [1.165, 1.54) is 0 Å². The van der Waals surface area contributed by atoms with E-state index in [0.717, 1.165) is 22.4 Å². The molecule has 0 radical (unpaired) electrons. The highest BCUT2D eigenvalue weighted by atomic mass is 16.5. The molecule has 2 N–H and O–H groups in total. The summed E-state index contributed by atoms with van der Waals surface area (Å²) >= 11 is 0. The third kappa shape index (κ3) is 4.24. The van der Waals surface area contributed by atoms with E-state index in [9.17, 15) is 4.79 Å². The second-order valence-corrected chi connectivity index (χ2v) is 6.35. The molecule has 0 aliphatic heterocycles. The minimum atomic E-state index is -0.230. The summed E-state index contributed by atoms with van der Waals surface area (Å²) in [6, 6.07) is 13.3. The molecule has 1 aromatic heterocycles. The van der Waals surface area contributed by atoms with Gasteiger partial charge in [0.1, 0.15) is 5.75 Å². The summed E-state index contributed by atoms with van der Waals surface area (Å²) in [7, 11) is 0. The van der Waals surface area contributed by atoms with Gasteiger partial charge < -0.3 is 10.1 Å². The molecule has 0 fully saturated rings. The van der Waals surface area contributed by atoms with Gasteiger partial charge in [0.25, 0.3) is 5.91 Å². The van der Waals surface area contributed by atoms with Gasteiger partial charge in [0, 0.05) is 11.3 Å². The molecule has 0 aliphatic carbocycles. The van der Waals surface area contributed by atoms with Crippen molar-refractivity contribution in [2.75, 3.05) is 11.9 Å². The van der Waals surface area contributed by atoms with Gasteiger partial charge in [0.2, 0.25) is 5.82 Å². The molecule has 134 valence electrons. The van der Waals surface area contributed by atoms with Crippen LogP contribution in [-0.4, -0.2) is 33.1 Å². The highest BCUT2D eigenvalue weighted by Gasteiger charge is 2.11. The number of hydrogen-bond donors (Lipinski definition) is 2. The van der Waals surface area contributed by atoms with E-state index < -0.39 is 0 Å². The maximum atomic E-state index is 12.3. The number of aromatic nitrogens is 4. The largest absolute Gasteiger partial charge is 0.483 e. The first-order valence-corrected chi connectivity index (χ1v) is 8.40. The molecule has 7 heteroatoms. The maximum absolute atomic E-state index is 12.3. The van der Waals surface area contributed by atoms with E-state index in [4.69, 9.17) is 4.74 Å². The quantitative estimate of drug-likeness (QED) is 0.711. The van der Waals surface area contributed by atoms with Crippen molar-refractivity contribution in [2.24, 2.45) is 0 Å². The number of amides is 1. The van der Waals surface area contributed by atoms with Crippen molar-refractivity contribution in [2.45, 2.75) is 26.7 Å². The van der Waals surface area contributed by atoms with Gasteiger partial charge in [-0.15, -0.1) is 10.2 Å². The van der Waals surface area contributed by atoms with Crippen molar-refractivity contribution in [1.29, 1.82) is 0 Å². The van der Waals surface area contributed by atoms with Crippen LogP contribution in [0.1, 0.15) is 30.9 Å². The molecule has 3 rings (SSSR count). The molecule has 2 aromatic carbocycles. The Balaban J connectivity index is 1.65. The third-order valence-electron chi connectivity index (χ3n) is 3.90. The Morgan fingerprint density at radius 1 is 1.23 bits per heavy atom. The van der Waals surface area contributed by atoms with E-state index in [-0.39, 0.29) is 12.5 Å². The Hall–Kier alpha value is -3.22. The minimum absolute atomic E-state index is 0.0599. The van der Waals surface area contributed by atoms with Gasteiger partial charge in [-0.2, -0.15) is 5.21 Å². The van der Waals surface area contributed by atoms with Crippen LogP contribution in [0.5, 0.6) is 5.75 Å². The smallest absolute Gasteiger partial charge is 0.262 e.